The molecule has 1 saturated heterocycles. The van der Waals surface area contributed by atoms with Crippen molar-refractivity contribution in [2.24, 2.45) is 40.1 Å². The lowest BCUT2D eigenvalue weighted by Crippen LogP contribution is -2.63. The summed E-state index contributed by atoms with van der Waals surface area (Å²) in [7, 11) is 1.59. The van der Waals surface area contributed by atoms with E-state index in [4.69, 9.17) is 16.2 Å². The molecule has 0 aliphatic carbocycles. The van der Waals surface area contributed by atoms with Crippen molar-refractivity contribution in [2.75, 3.05) is 33.4 Å². The van der Waals surface area contributed by atoms with Crippen LogP contribution >= 0.6 is 0 Å². The Morgan fingerprint density at radius 3 is 1.65 bits per heavy atom. The zero-order chi connectivity index (χ0) is 66.8. The first-order valence-corrected chi connectivity index (χ1v) is 30.2. The number of guanidine groups is 1. The van der Waals surface area contributed by atoms with E-state index in [9.17, 15) is 72.9 Å². The Morgan fingerprint density at radius 1 is 0.629 bits per heavy atom. The standard InChI is InChI=1S/C58H95N15O16/c1-11-28(4)42(70-49(80)37(61-10)23-34-17-15-14-16-18-34)53(84)67-39(26-75)51(82)65-36(19-20-41(59)77)48(79)69-43(29(5)12-2)55(86)71-44(31(7)21-22-74)54(85)68-40(27-76)52(83)73-46-33(9)89-57(88)45(30(6)13-3)72-50(81)38(24-35-25-62-58(60)64-35)66-47(78)32(8)63-56(46)87/h14-18,28-33,35-40,42-46,61,74-76H,11-13,19-27H2,1-10H3,(H2,59,77)(H,63,87)(H,65,82)(H,66,78)(H,67,84)(H,68,85)(H,69,79)(H,70,80)(H,71,86)(H,72,81)(H,73,83)(H3,60,62,64)/t28-,29-,30-,31-,32-,33-,35-,36+,37+,38-,39-,40-,42-,43+,44-,45-,46+/m0/s1. The van der Waals surface area contributed by atoms with Gasteiger partial charge in [0.05, 0.1) is 31.8 Å². The average molecular weight is 1260 g/mol. The van der Waals surface area contributed by atoms with Gasteiger partial charge in [-0.1, -0.05) is 98.1 Å². The van der Waals surface area contributed by atoms with Crippen molar-refractivity contribution in [1.29, 1.82) is 0 Å². The Bertz CT molecular complexity index is 2630. The maximum atomic E-state index is 14.4. The fourth-order valence-electron chi connectivity index (χ4n) is 9.63. The molecule has 31 nitrogen and oxygen atoms in total. The van der Waals surface area contributed by atoms with Gasteiger partial charge in [-0.25, -0.2) is 4.79 Å². The largest absolute Gasteiger partial charge is 0.458 e. The highest BCUT2D eigenvalue weighted by atomic mass is 16.5. The lowest BCUT2D eigenvalue weighted by molar-refractivity contribution is -0.157. The molecule has 2 aliphatic rings. The number of likely N-dealkylation sites (N-methyl/N-ethyl adjacent to an activating group) is 1. The molecule has 2 aliphatic heterocycles. The number of nitrogens with one attached hydrogen (secondary N) is 12. The summed E-state index contributed by atoms with van der Waals surface area (Å²) < 4.78 is 5.72. The second-order valence-corrected chi connectivity index (χ2v) is 22.9. The number of aliphatic hydroxyl groups is 3. The number of hydrogen-bond donors (Lipinski definition) is 17. The Labute approximate surface area is 518 Å². The number of hydrogen-bond acceptors (Lipinski definition) is 20. The molecule has 17 atom stereocenters. The molecule has 0 saturated carbocycles. The van der Waals surface area contributed by atoms with E-state index in [2.05, 4.69) is 68.8 Å². The van der Waals surface area contributed by atoms with Gasteiger partial charge >= 0.3 is 5.97 Å². The molecule has 31 heteroatoms. The van der Waals surface area contributed by atoms with E-state index in [0.29, 0.717) is 12.8 Å². The summed E-state index contributed by atoms with van der Waals surface area (Å²) in [4.78, 5) is 170. The first-order chi connectivity index (χ1) is 42.1. The van der Waals surface area contributed by atoms with Crippen molar-refractivity contribution < 1.29 is 77.6 Å². The second kappa shape index (κ2) is 37.1. The van der Waals surface area contributed by atoms with Gasteiger partial charge < -0.3 is 95.3 Å². The average Bonchev–Trinajstić information content (AvgIpc) is 2.66. The van der Waals surface area contributed by atoms with Crippen molar-refractivity contribution in [3.63, 3.8) is 0 Å². The topological polar surface area (TPSA) is 484 Å². The van der Waals surface area contributed by atoms with Gasteiger partial charge in [0.2, 0.25) is 65.0 Å². The molecule has 19 N–H and O–H groups in total. The molecule has 11 amide bonds. The first kappa shape index (κ1) is 75.2. The van der Waals surface area contributed by atoms with E-state index in [1.165, 1.54) is 20.8 Å². The SMILES string of the molecule is CC[C@H](C)[C@H](NC(=O)[C@@H](Cc1ccccc1)NC)C(=O)N[C@@H](CO)C(=O)N[C@H](CCC(N)=O)C(=O)N[C@@H](C(=O)N[C@H](C(=O)N[C@@H](CO)C(=O)N[C@H]1C(=O)N[C@@H](C)C(=O)N[C@@H](C[C@H]2CN=C(N)N2)C(=O)N[C@@H]([C@@H](C)CC)C(=O)O[C@H]1C)[C@@H](C)CCO)[C@@H](C)CC. The molecule has 0 radical (unpaired) electrons. The lowest BCUT2D eigenvalue weighted by Gasteiger charge is -2.31. The molecule has 0 aromatic heterocycles. The van der Waals surface area contributed by atoms with E-state index in [1.807, 2.05) is 30.3 Å². The number of amides is 11. The minimum Gasteiger partial charge on any atom is -0.458 e. The van der Waals surface area contributed by atoms with Gasteiger partial charge in [0, 0.05) is 13.0 Å². The van der Waals surface area contributed by atoms with Gasteiger partial charge in [-0.05, 0) is 75.8 Å². The van der Waals surface area contributed by atoms with Crippen LogP contribution < -0.4 is 75.3 Å². The molecular formula is C58H95N15O16. The Balaban J connectivity index is 1.87. The second-order valence-electron chi connectivity index (χ2n) is 22.9. The molecule has 1 aromatic carbocycles. The molecule has 3 rings (SSSR count). The van der Waals surface area contributed by atoms with Gasteiger partial charge in [0.25, 0.3) is 0 Å². The molecule has 498 valence electrons. The predicted octanol–water partition coefficient (Wildman–Crippen LogP) is -5.29. The van der Waals surface area contributed by atoms with Gasteiger partial charge in [-0.3, -0.25) is 57.7 Å². The van der Waals surface area contributed by atoms with Gasteiger partial charge in [-0.2, -0.15) is 0 Å². The number of carbonyl (C=O) groups excluding carboxylic acids is 12. The molecule has 0 spiro atoms. The maximum absolute atomic E-state index is 14.4. The molecular weight excluding hydrogens is 1160 g/mol. The summed E-state index contributed by atoms with van der Waals surface area (Å²) in [5.41, 5.74) is 12.1. The quantitative estimate of drug-likeness (QED) is 0.0292. The summed E-state index contributed by atoms with van der Waals surface area (Å²) in [6.07, 6.45) is -1.29. The molecule has 0 unspecified atom stereocenters. The van der Waals surface area contributed by atoms with Crippen molar-refractivity contribution >= 4 is 76.9 Å². The van der Waals surface area contributed by atoms with E-state index in [1.54, 1.807) is 48.6 Å². The number of benzene rings is 1. The summed E-state index contributed by atoms with van der Waals surface area (Å²) in [5, 5.41) is 62.0. The van der Waals surface area contributed by atoms with Crippen LogP contribution in [-0.2, 0) is 68.7 Å². The monoisotopic (exact) mass is 1260 g/mol. The van der Waals surface area contributed by atoms with Crippen LogP contribution in [0.25, 0.3) is 0 Å². The van der Waals surface area contributed by atoms with Crippen LogP contribution in [0.4, 0.5) is 0 Å². The van der Waals surface area contributed by atoms with E-state index in [-0.39, 0.29) is 38.2 Å². The highest BCUT2D eigenvalue weighted by Crippen LogP contribution is 2.18. The van der Waals surface area contributed by atoms with Crippen LogP contribution in [0.1, 0.15) is 113 Å². The zero-order valence-electron chi connectivity index (χ0n) is 52.4. The highest BCUT2D eigenvalue weighted by molar-refractivity contribution is 5.99. The molecule has 2 heterocycles. The fourth-order valence-corrected chi connectivity index (χ4v) is 9.63. The third kappa shape index (κ3) is 23.1. The van der Waals surface area contributed by atoms with Crippen LogP contribution in [0, 0.1) is 23.7 Å². The van der Waals surface area contributed by atoms with Crippen LogP contribution in [0.3, 0.4) is 0 Å². The normalized spacial score (nSPS) is 22.6. The summed E-state index contributed by atoms with van der Waals surface area (Å²) in [5.74, 6) is -13.8. The number of aliphatic hydroxyl groups excluding tert-OH is 3. The number of carbonyl (C=O) groups is 12. The number of cyclic esters (lactones) is 1. The van der Waals surface area contributed by atoms with Crippen molar-refractivity contribution in [3.05, 3.63) is 35.9 Å². The van der Waals surface area contributed by atoms with Crippen LogP contribution in [0.15, 0.2) is 35.3 Å². The number of esters is 1. The first-order valence-electron chi connectivity index (χ1n) is 30.2. The third-order valence-corrected chi connectivity index (χ3v) is 16.1. The number of rotatable bonds is 33. The Hall–Kier alpha value is -8.03. The maximum Gasteiger partial charge on any atom is 0.329 e. The van der Waals surface area contributed by atoms with Crippen LogP contribution in [0.5, 0.6) is 0 Å². The smallest absolute Gasteiger partial charge is 0.329 e. The molecule has 1 fully saturated rings. The van der Waals surface area contributed by atoms with E-state index < -0.39 is 206 Å². The number of primary amides is 1. The van der Waals surface area contributed by atoms with Crippen LogP contribution in [0.2, 0.25) is 0 Å². The van der Waals surface area contributed by atoms with Crippen LogP contribution in [-0.4, -0.2) is 204 Å². The fraction of sp³-hybridized carbons (Fsp3) is 0.672. The minimum absolute atomic E-state index is 0.0225. The van der Waals surface area contributed by atoms with Gasteiger partial charge in [0.15, 0.2) is 5.96 Å². The Morgan fingerprint density at radius 2 is 1.15 bits per heavy atom. The highest BCUT2D eigenvalue weighted by Gasteiger charge is 2.41. The van der Waals surface area contributed by atoms with Gasteiger partial charge in [-0.15, -0.1) is 0 Å². The van der Waals surface area contributed by atoms with E-state index >= 15 is 0 Å². The van der Waals surface area contributed by atoms with Gasteiger partial charge in [0.1, 0.15) is 66.5 Å². The molecule has 89 heavy (non-hydrogen) atoms. The minimum atomic E-state index is -1.89. The van der Waals surface area contributed by atoms with Crippen molar-refractivity contribution in [3.8, 4) is 0 Å². The summed E-state index contributed by atoms with van der Waals surface area (Å²) in [6, 6.07) is -7.34. The number of nitrogens with two attached hydrogens (primary N) is 2. The summed E-state index contributed by atoms with van der Waals surface area (Å²) in [6.45, 7) is 11.8. The van der Waals surface area contributed by atoms with E-state index in [0.717, 1.165) is 5.56 Å². The predicted molar refractivity (Wildman–Crippen MR) is 323 cm³/mol. The number of aliphatic imine (C=N–C) groups is 1. The van der Waals surface area contributed by atoms with Crippen molar-refractivity contribution in [1.82, 2.24) is 63.8 Å². The molecule has 0 bridgehead atoms. The molecule has 1 aromatic rings. The zero-order valence-corrected chi connectivity index (χ0v) is 52.4. The third-order valence-electron chi connectivity index (χ3n) is 16.1. The summed E-state index contributed by atoms with van der Waals surface area (Å²) >= 11 is 0. The van der Waals surface area contributed by atoms with Crippen molar-refractivity contribution in [2.45, 2.75) is 192 Å². The number of ether oxygens (including phenoxy) is 1. The lowest BCUT2D eigenvalue weighted by atomic mass is 9.94. The number of nitrogens with zero attached hydrogens (tertiary/aromatic N) is 1. The Kier molecular flexibility index (Phi) is 31.3.